The molecular weight excluding hydrogens is 278 g/mol. The summed E-state index contributed by atoms with van der Waals surface area (Å²) in [4.78, 5) is 0.379. The number of benzene rings is 1. The number of sulfone groups is 1. The Balaban J connectivity index is 2.80. The second-order valence-electron chi connectivity index (χ2n) is 4.79. The highest BCUT2D eigenvalue weighted by molar-refractivity contribution is 8.03. The van der Waals surface area contributed by atoms with Gasteiger partial charge < -0.3 is 0 Å². The normalized spacial score (nSPS) is 13.2. The Hall–Kier alpha value is -0.990. The van der Waals surface area contributed by atoms with Gasteiger partial charge in [-0.2, -0.15) is 5.26 Å². The number of nitriles is 1. The van der Waals surface area contributed by atoms with Crippen molar-refractivity contribution in [3.63, 3.8) is 0 Å². The highest BCUT2D eigenvalue weighted by Crippen LogP contribution is 2.23. The van der Waals surface area contributed by atoms with Gasteiger partial charge in [0.2, 0.25) is 0 Å². The maximum atomic E-state index is 12.0. The lowest BCUT2D eigenvalue weighted by atomic mass is 9.99. The summed E-state index contributed by atoms with van der Waals surface area (Å²) in [5.74, 6) is 1.13. The lowest BCUT2D eigenvalue weighted by Crippen LogP contribution is -2.13. The van der Waals surface area contributed by atoms with Gasteiger partial charge in [0.15, 0.2) is 9.84 Å². The van der Waals surface area contributed by atoms with Crippen LogP contribution in [0.4, 0.5) is 0 Å². The molecule has 0 aromatic heterocycles. The molecular formula is C14H19NO2S2. The van der Waals surface area contributed by atoms with E-state index in [9.17, 15) is 8.42 Å². The first-order valence-electron chi connectivity index (χ1n) is 6.24. The van der Waals surface area contributed by atoms with Gasteiger partial charge in [-0.15, -0.1) is 0 Å². The number of rotatable bonds is 6. The van der Waals surface area contributed by atoms with E-state index >= 15 is 0 Å². The molecule has 0 aliphatic rings. The molecule has 0 heterocycles. The van der Waals surface area contributed by atoms with Crippen LogP contribution in [0.25, 0.3) is 0 Å². The van der Waals surface area contributed by atoms with Crippen molar-refractivity contribution < 1.29 is 8.42 Å². The van der Waals surface area contributed by atoms with Crippen LogP contribution in [0.15, 0.2) is 29.2 Å². The number of nitrogens with zero attached hydrogens (tertiary/aromatic N) is 1. The Morgan fingerprint density at radius 2 is 1.79 bits per heavy atom. The minimum atomic E-state index is -3.19. The first-order chi connectivity index (χ1) is 8.89. The monoisotopic (exact) mass is 297 g/mol. The highest BCUT2D eigenvalue weighted by Gasteiger charge is 2.19. The van der Waals surface area contributed by atoms with Crippen LogP contribution in [0.1, 0.15) is 38.7 Å². The van der Waals surface area contributed by atoms with Crippen LogP contribution in [0, 0.1) is 10.7 Å². The molecule has 1 atom stereocenters. The Morgan fingerprint density at radius 3 is 2.26 bits per heavy atom. The van der Waals surface area contributed by atoms with Crippen LogP contribution < -0.4 is 0 Å². The van der Waals surface area contributed by atoms with Gasteiger partial charge in [0, 0.05) is 5.75 Å². The summed E-state index contributed by atoms with van der Waals surface area (Å²) < 4.78 is 24.0. The first kappa shape index (κ1) is 16.1. The second-order valence-corrected chi connectivity index (χ2v) is 8.18. The van der Waals surface area contributed by atoms with E-state index in [1.165, 1.54) is 11.8 Å². The van der Waals surface area contributed by atoms with E-state index in [0.29, 0.717) is 10.8 Å². The molecule has 0 aliphatic heterocycles. The fourth-order valence-electron chi connectivity index (χ4n) is 1.71. The summed E-state index contributed by atoms with van der Waals surface area (Å²) in [5.41, 5.74) is 1.11. The average Bonchev–Trinajstić information content (AvgIpc) is 2.39. The molecule has 0 amide bonds. The number of hydrogen-bond donors (Lipinski definition) is 0. The van der Waals surface area contributed by atoms with Crippen molar-refractivity contribution in [1.29, 1.82) is 5.26 Å². The van der Waals surface area contributed by atoms with Crippen molar-refractivity contribution in [3.05, 3.63) is 29.8 Å². The van der Waals surface area contributed by atoms with Gasteiger partial charge in [0.1, 0.15) is 5.40 Å². The maximum absolute atomic E-state index is 12.0. The number of thioether (sulfide) groups is 1. The predicted octanol–water partition coefficient (Wildman–Crippen LogP) is 3.58. The van der Waals surface area contributed by atoms with Crippen LogP contribution in [-0.4, -0.2) is 19.4 Å². The molecule has 1 unspecified atom stereocenters. The molecule has 1 aromatic carbocycles. The molecule has 104 valence electrons. The first-order valence-corrected chi connectivity index (χ1v) is 8.77. The molecule has 0 saturated heterocycles. The van der Waals surface area contributed by atoms with Gasteiger partial charge in [0.05, 0.1) is 10.1 Å². The summed E-state index contributed by atoms with van der Waals surface area (Å²) in [6, 6.07) is 7.10. The highest BCUT2D eigenvalue weighted by atomic mass is 32.2. The molecule has 0 N–H and O–H groups in total. The lowest BCUT2D eigenvalue weighted by Gasteiger charge is -2.12. The van der Waals surface area contributed by atoms with E-state index in [0.717, 1.165) is 17.7 Å². The Bertz CT molecular complexity index is 542. The Labute approximate surface area is 119 Å². The van der Waals surface area contributed by atoms with E-state index in [2.05, 4.69) is 12.3 Å². The molecule has 0 spiro atoms. The molecule has 0 aliphatic carbocycles. The molecule has 0 bridgehead atoms. The fraction of sp³-hybridized carbons (Fsp3) is 0.500. The van der Waals surface area contributed by atoms with Crippen molar-refractivity contribution in [2.24, 2.45) is 0 Å². The van der Waals surface area contributed by atoms with E-state index in [4.69, 9.17) is 5.26 Å². The van der Waals surface area contributed by atoms with Crippen molar-refractivity contribution in [3.8, 4) is 5.40 Å². The van der Waals surface area contributed by atoms with E-state index in [-0.39, 0.29) is 0 Å². The zero-order chi connectivity index (χ0) is 14.5. The predicted molar refractivity (Wildman–Crippen MR) is 79.9 cm³/mol. The fourth-order valence-corrected chi connectivity index (χ4v) is 3.33. The van der Waals surface area contributed by atoms with E-state index < -0.39 is 15.1 Å². The van der Waals surface area contributed by atoms with Gasteiger partial charge in [-0.3, -0.25) is 0 Å². The van der Waals surface area contributed by atoms with Gasteiger partial charge >= 0.3 is 0 Å². The third kappa shape index (κ3) is 4.26. The minimum Gasteiger partial charge on any atom is -0.223 e. The summed E-state index contributed by atoms with van der Waals surface area (Å²) in [6.45, 7) is 5.46. The minimum absolute atomic E-state index is 0.330. The SMILES string of the molecule is CC(CCSC#N)c1ccc(S(=O)(=O)C(C)C)cc1. The summed E-state index contributed by atoms with van der Waals surface area (Å²) in [6.07, 6.45) is 0.911. The molecule has 3 nitrogen and oxygen atoms in total. The van der Waals surface area contributed by atoms with Gasteiger partial charge in [0.25, 0.3) is 0 Å². The van der Waals surface area contributed by atoms with E-state index in [1.54, 1.807) is 26.0 Å². The Morgan fingerprint density at radius 1 is 1.21 bits per heavy atom. The van der Waals surface area contributed by atoms with Crippen molar-refractivity contribution in [1.82, 2.24) is 0 Å². The molecule has 1 rings (SSSR count). The third-order valence-corrected chi connectivity index (χ3v) is 5.86. The van der Waals surface area contributed by atoms with Gasteiger partial charge in [-0.1, -0.05) is 19.1 Å². The van der Waals surface area contributed by atoms with Crippen LogP contribution in [0.2, 0.25) is 0 Å². The average molecular weight is 297 g/mol. The van der Waals surface area contributed by atoms with E-state index in [1.807, 2.05) is 12.1 Å². The van der Waals surface area contributed by atoms with Crippen LogP contribution >= 0.6 is 11.8 Å². The standard InChI is InChI=1S/C14H19NO2S2/c1-11(2)19(16,17)14-6-4-13(5-7-14)12(3)8-9-18-10-15/h4-7,11-12H,8-9H2,1-3H3. The molecule has 19 heavy (non-hydrogen) atoms. The summed E-state index contributed by atoms with van der Waals surface area (Å²) in [7, 11) is -3.19. The molecule has 5 heteroatoms. The maximum Gasteiger partial charge on any atom is 0.180 e. The van der Waals surface area contributed by atoms with Gasteiger partial charge in [-0.05, 0) is 55.6 Å². The largest absolute Gasteiger partial charge is 0.223 e. The summed E-state index contributed by atoms with van der Waals surface area (Å²) in [5, 5.41) is 10.1. The van der Waals surface area contributed by atoms with Crippen LogP contribution in [0.3, 0.4) is 0 Å². The molecule has 1 aromatic rings. The smallest absolute Gasteiger partial charge is 0.180 e. The van der Waals surface area contributed by atoms with Crippen molar-refractivity contribution in [2.75, 3.05) is 5.75 Å². The van der Waals surface area contributed by atoms with Crippen LogP contribution in [0.5, 0.6) is 0 Å². The quantitative estimate of drug-likeness (QED) is 0.595. The van der Waals surface area contributed by atoms with Crippen molar-refractivity contribution >= 4 is 21.6 Å². The van der Waals surface area contributed by atoms with Gasteiger partial charge in [-0.25, -0.2) is 8.42 Å². The molecule has 0 radical (unpaired) electrons. The molecule has 0 saturated carbocycles. The third-order valence-electron chi connectivity index (χ3n) is 3.12. The van der Waals surface area contributed by atoms with Crippen LogP contribution in [-0.2, 0) is 9.84 Å². The topological polar surface area (TPSA) is 57.9 Å². The number of thiocyanates is 1. The summed E-state index contributed by atoms with van der Waals surface area (Å²) >= 11 is 1.25. The Kier molecular flexibility index (Phi) is 5.89. The van der Waals surface area contributed by atoms with Crippen molar-refractivity contribution in [2.45, 2.75) is 43.3 Å². The zero-order valence-electron chi connectivity index (χ0n) is 11.5. The number of hydrogen-bond acceptors (Lipinski definition) is 4. The molecule has 0 fully saturated rings. The lowest BCUT2D eigenvalue weighted by molar-refractivity contribution is 0.587. The second kappa shape index (κ2) is 6.97. The zero-order valence-corrected chi connectivity index (χ0v) is 13.1.